The Morgan fingerprint density at radius 2 is 1.74 bits per heavy atom. The summed E-state index contributed by atoms with van der Waals surface area (Å²) in [7, 11) is 0. The van der Waals surface area contributed by atoms with Crippen molar-refractivity contribution in [2.24, 2.45) is 0 Å². The predicted molar refractivity (Wildman–Crippen MR) is 86.0 cm³/mol. The van der Waals surface area contributed by atoms with Crippen molar-refractivity contribution in [2.45, 2.75) is 64.8 Å². The van der Waals surface area contributed by atoms with E-state index in [1.807, 2.05) is 12.1 Å². The zero-order valence-electron chi connectivity index (χ0n) is 12.4. The third kappa shape index (κ3) is 7.59. The summed E-state index contributed by atoms with van der Waals surface area (Å²) in [4.78, 5) is 0. The van der Waals surface area contributed by atoms with Gasteiger partial charge in [0.1, 0.15) is 0 Å². The molecule has 2 heteroatoms. The van der Waals surface area contributed by atoms with Gasteiger partial charge in [0.05, 0.1) is 0 Å². The van der Waals surface area contributed by atoms with Crippen LogP contribution in [0.1, 0.15) is 57.9 Å². The quantitative estimate of drug-likeness (QED) is 0.580. The van der Waals surface area contributed by atoms with E-state index in [1.54, 1.807) is 0 Å². The lowest BCUT2D eigenvalue weighted by Gasteiger charge is -2.18. The smallest absolute Gasteiger partial charge is 0.0406 e. The van der Waals surface area contributed by atoms with Gasteiger partial charge in [0.2, 0.25) is 0 Å². The molecule has 1 N–H and O–H groups in total. The summed E-state index contributed by atoms with van der Waals surface area (Å²) in [6.07, 6.45) is 8.97. The van der Waals surface area contributed by atoms with Crippen molar-refractivity contribution in [3.8, 4) is 0 Å². The minimum absolute atomic E-state index is 0.609. The van der Waals surface area contributed by atoms with Crippen molar-refractivity contribution in [3.63, 3.8) is 0 Å². The highest BCUT2D eigenvalue weighted by Gasteiger charge is 2.08. The molecule has 1 rings (SSSR count). The van der Waals surface area contributed by atoms with Crippen molar-refractivity contribution in [3.05, 3.63) is 34.9 Å². The van der Waals surface area contributed by atoms with Crippen LogP contribution in [0.25, 0.3) is 0 Å². The molecule has 1 aromatic carbocycles. The van der Waals surface area contributed by atoms with Crippen LogP contribution >= 0.6 is 11.6 Å². The SMILES string of the molecule is CCCCCCC(Cc1ccc(Cl)cc1)NCCC. The summed E-state index contributed by atoms with van der Waals surface area (Å²) >= 11 is 5.93. The summed E-state index contributed by atoms with van der Waals surface area (Å²) in [5.41, 5.74) is 1.38. The highest BCUT2D eigenvalue weighted by molar-refractivity contribution is 6.30. The molecule has 19 heavy (non-hydrogen) atoms. The van der Waals surface area contributed by atoms with Crippen LogP contribution in [-0.4, -0.2) is 12.6 Å². The van der Waals surface area contributed by atoms with E-state index in [4.69, 9.17) is 11.6 Å². The molecule has 0 saturated heterocycles. The average Bonchev–Trinajstić information content (AvgIpc) is 2.43. The fourth-order valence-electron chi connectivity index (χ4n) is 2.35. The number of unbranched alkanes of at least 4 members (excludes halogenated alkanes) is 3. The van der Waals surface area contributed by atoms with Crippen LogP contribution in [0.4, 0.5) is 0 Å². The molecule has 1 aromatic rings. The molecule has 0 aliphatic carbocycles. The molecule has 1 atom stereocenters. The van der Waals surface area contributed by atoms with Gasteiger partial charge >= 0.3 is 0 Å². The standard InChI is InChI=1S/C17H28ClN/c1-3-5-6-7-8-17(19-13-4-2)14-15-9-11-16(18)12-10-15/h9-12,17,19H,3-8,13-14H2,1-2H3. The molecule has 0 saturated carbocycles. The maximum atomic E-state index is 5.93. The second kappa shape index (κ2) is 10.3. The average molecular weight is 282 g/mol. The molecule has 108 valence electrons. The maximum Gasteiger partial charge on any atom is 0.0406 e. The third-order valence-electron chi connectivity index (χ3n) is 3.48. The molecule has 0 radical (unpaired) electrons. The van der Waals surface area contributed by atoms with Gasteiger partial charge in [-0.2, -0.15) is 0 Å². The lowest BCUT2D eigenvalue weighted by Crippen LogP contribution is -2.31. The lowest BCUT2D eigenvalue weighted by atomic mass is 10.00. The Morgan fingerprint density at radius 3 is 2.37 bits per heavy atom. The zero-order chi connectivity index (χ0) is 13.9. The summed E-state index contributed by atoms with van der Waals surface area (Å²) in [6.45, 7) is 5.61. The van der Waals surface area contributed by atoms with E-state index in [9.17, 15) is 0 Å². The predicted octanol–water partition coefficient (Wildman–Crippen LogP) is 5.22. The van der Waals surface area contributed by atoms with E-state index in [0.717, 1.165) is 18.0 Å². The molecule has 0 spiro atoms. The highest BCUT2D eigenvalue weighted by atomic mass is 35.5. The molecule has 0 fully saturated rings. The minimum Gasteiger partial charge on any atom is -0.314 e. The summed E-state index contributed by atoms with van der Waals surface area (Å²) < 4.78 is 0. The Hall–Kier alpha value is -0.530. The molecular formula is C17H28ClN. The highest BCUT2D eigenvalue weighted by Crippen LogP contribution is 2.14. The molecule has 0 aromatic heterocycles. The Kier molecular flexibility index (Phi) is 8.94. The first-order valence-corrected chi connectivity index (χ1v) is 8.11. The number of halogens is 1. The van der Waals surface area contributed by atoms with Gasteiger partial charge in [0.25, 0.3) is 0 Å². The minimum atomic E-state index is 0.609. The van der Waals surface area contributed by atoms with Crippen LogP contribution < -0.4 is 5.32 Å². The number of hydrogen-bond donors (Lipinski definition) is 1. The number of nitrogens with one attached hydrogen (secondary N) is 1. The van der Waals surface area contributed by atoms with Gasteiger partial charge in [-0.15, -0.1) is 0 Å². The number of rotatable bonds is 10. The second-order valence-corrected chi connectivity index (χ2v) is 5.77. The van der Waals surface area contributed by atoms with E-state index in [1.165, 1.54) is 44.1 Å². The maximum absolute atomic E-state index is 5.93. The Morgan fingerprint density at radius 1 is 1.00 bits per heavy atom. The van der Waals surface area contributed by atoms with Crippen molar-refractivity contribution < 1.29 is 0 Å². The Labute approximate surface area is 123 Å². The molecule has 1 nitrogen and oxygen atoms in total. The van der Waals surface area contributed by atoms with Crippen LogP contribution in [0.3, 0.4) is 0 Å². The largest absolute Gasteiger partial charge is 0.314 e. The van der Waals surface area contributed by atoms with Crippen LogP contribution in [0, 0.1) is 0 Å². The topological polar surface area (TPSA) is 12.0 Å². The van der Waals surface area contributed by atoms with Gasteiger partial charge in [0, 0.05) is 11.1 Å². The van der Waals surface area contributed by atoms with E-state index < -0.39 is 0 Å². The van der Waals surface area contributed by atoms with E-state index in [0.29, 0.717) is 6.04 Å². The van der Waals surface area contributed by atoms with Gasteiger partial charge < -0.3 is 5.32 Å². The fraction of sp³-hybridized carbons (Fsp3) is 0.647. The molecule has 0 heterocycles. The van der Waals surface area contributed by atoms with E-state index in [-0.39, 0.29) is 0 Å². The molecular weight excluding hydrogens is 254 g/mol. The monoisotopic (exact) mass is 281 g/mol. The zero-order valence-corrected chi connectivity index (χ0v) is 13.2. The molecule has 0 bridgehead atoms. The van der Waals surface area contributed by atoms with Gasteiger partial charge in [-0.05, 0) is 43.5 Å². The fourth-order valence-corrected chi connectivity index (χ4v) is 2.47. The second-order valence-electron chi connectivity index (χ2n) is 5.33. The molecule has 0 aliphatic heterocycles. The normalized spacial score (nSPS) is 12.6. The van der Waals surface area contributed by atoms with Crippen LogP contribution in [0.5, 0.6) is 0 Å². The van der Waals surface area contributed by atoms with Crippen LogP contribution in [0.2, 0.25) is 5.02 Å². The van der Waals surface area contributed by atoms with Gasteiger partial charge in [-0.1, -0.05) is 63.3 Å². The van der Waals surface area contributed by atoms with Crippen molar-refractivity contribution in [2.75, 3.05) is 6.54 Å². The molecule has 1 unspecified atom stereocenters. The summed E-state index contributed by atoms with van der Waals surface area (Å²) in [5, 5.41) is 4.50. The number of benzene rings is 1. The van der Waals surface area contributed by atoms with Gasteiger partial charge in [0.15, 0.2) is 0 Å². The van der Waals surface area contributed by atoms with Gasteiger partial charge in [-0.3, -0.25) is 0 Å². The molecule has 0 aliphatic rings. The summed E-state index contributed by atoms with van der Waals surface area (Å²) in [6, 6.07) is 8.89. The van der Waals surface area contributed by atoms with Crippen LogP contribution in [-0.2, 0) is 6.42 Å². The lowest BCUT2D eigenvalue weighted by molar-refractivity contribution is 0.453. The van der Waals surface area contributed by atoms with E-state index >= 15 is 0 Å². The first-order valence-electron chi connectivity index (χ1n) is 7.74. The van der Waals surface area contributed by atoms with Crippen LogP contribution in [0.15, 0.2) is 24.3 Å². The Bertz CT molecular complexity index is 321. The first kappa shape index (κ1) is 16.5. The van der Waals surface area contributed by atoms with Crippen molar-refractivity contribution in [1.29, 1.82) is 0 Å². The van der Waals surface area contributed by atoms with Crippen molar-refractivity contribution in [1.82, 2.24) is 5.32 Å². The van der Waals surface area contributed by atoms with Gasteiger partial charge in [-0.25, -0.2) is 0 Å². The van der Waals surface area contributed by atoms with E-state index in [2.05, 4.69) is 31.3 Å². The number of hydrogen-bond acceptors (Lipinski definition) is 1. The first-order chi connectivity index (χ1) is 9.26. The molecule has 0 amide bonds. The Balaban J connectivity index is 2.41. The van der Waals surface area contributed by atoms with Crippen molar-refractivity contribution >= 4 is 11.6 Å². The third-order valence-corrected chi connectivity index (χ3v) is 3.74. The summed E-state index contributed by atoms with van der Waals surface area (Å²) in [5.74, 6) is 0.